The molecule has 0 saturated heterocycles. The van der Waals surface area contributed by atoms with Crippen LogP contribution < -0.4 is 15.4 Å². The summed E-state index contributed by atoms with van der Waals surface area (Å²) in [4.78, 5) is 23.3. The fraction of sp³-hybridized carbons (Fsp3) is 0.529. The molecule has 1 rings (SSSR count). The van der Waals surface area contributed by atoms with Crippen LogP contribution in [0.25, 0.3) is 0 Å². The van der Waals surface area contributed by atoms with Crippen molar-refractivity contribution in [1.29, 1.82) is 0 Å². The highest BCUT2D eigenvalue weighted by Crippen LogP contribution is 2.18. The number of hydrogen-bond acceptors (Lipinski definition) is 3. The molecule has 0 heterocycles. The molecule has 2 N–H and O–H groups in total. The molecule has 0 unspecified atom stereocenters. The van der Waals surface area contributed by atoms with Crippen molar-refractivity contribution in [2.45, 2.75) is 34.6 Å². The van der Waals surface area contributed by atoms with Gasteiger partial charge in [0.25, 0.3) is 5.91 Å². The Morgan fingerprint density at radius 1 is 1.09 bits per heavy atom. The second-order valence-corrected chi connectivity index (χ2v) is 6.41. The van der Waals surface area contributed by atoms with Gasteiger partial charge in [0.15, 0.2) is 6.61 Å². The molecule has 22 heavy (non-hydrogen) atoms. The van der Waals surface area contributed by atoms with Crippen molar-refractivity contribution in [3.05, 3.63) is 29.3 Å². The van der Waals surface area contributed by atoms with Crippen LogP contribution in [0.5, 0.6) is 5.75 Å². The fourth-order valence-corrected chi connectivity index (χ4v) is 1.80. The van der Waals surface area contributed by atoms with Crippen LogP contribution in [0.1, 0.15) is 31.9 Å². The smallest absolute Gasteiger partial charge is 0.258 e. The first-order valence-electron chi connectivity index (χ1n) is 7.45. The lowest BCUT2D eigenvalue weighted by Crippen LogP contribution is -2.40. The van der Waals surface area contributed by atoms with Gasteiger partial charge < -0.3 is 15.4 Å². The van der Waals surface area contributed by atoms with Crippen LogP contribution >= 0.6 is 0 Å². The molecule has 0 bridgehead atoms. The van der Waals surface area contributed by atoms with Gasteiger partial charge in [-0.1, -0.05) is 38.5 Å². The average Bonchev–Trinajstić information content (AvgIpc) is 2.41. The third kappa shape index (κ3) is 6.16. The summed E-state index contributed by atoms with van der Waals surface area (Å²) in [6.45, 7) is 10.3. The van der Waals surface area contributed by atoms with Gasteiger partial charge in [-0.3, -0.25) is 9.59 Å². The number of benzene rings is 1. The molecule has 0 aromatic heterocycles. The van der Waals surface area contributed by atoms with Gasteiger partial charge in [-0.05, 0) is 25.5 Å². The minimum atomic E-state index is -0.421. The minimum absolute atomic E-state index is 0.0306. The van der Waals surface area contributed by atoms with Gasteiger partial charge in [0, 0.05) is 18.5 Å². The monoisotopic (exact) mass is 306 g/mol. The Bertz CT molecular complexity index is 533. The van der Waals surface area contributed by atoms with Gasteiger partial charge in [0.1, 0.15) is 5.75 Å². The molecule has 1 aromatic rings. The number of amides is 2. The van der Waals surface area contributed by atoms with E-state index < -0.39 is 5.41 Å². The lowest BCUT2D eigenvalue weighted by Gasteiger charge is -2.17. The van der Waals surface area contributed by atoms with E-state index in [9.17, 15) is 9.59 Å². The van der Waals surface area contributed by atoms with Crippen molar-refractivity contribution in [3.8, 4) is 5.75 Å². The molecule has 5 heteroatoms. The summed E-state index contributed by atoms with van der Waals surface area (Å²) < 4.78 is 5.49. The second kappa shape index (κ2) is 7.82. The van der Waals surface area contributed by atoms with E-state index in [1.165, 1.54) is 0 Å². The van der Waals surface area contributed by atoms with E-state index in [0.717, 1.165) is 11.1 Å². The van der Waals surface area contributed by atoms with E-state index in [1.54, 1.807) is 0 Å². The largest absolute Gasteiger partial charge is 0.484 e. The molecule has 2 amide bonds. The van der Waals surface area contributed by atoms with Crippen LogP contribution in [0, 0.1) is 19.3 Å². The van der Waals surface area contributed by atoms with Crippen LogP contribution in [0.15, 0.2) is 18.2 Å². The van der Waals surface area contributed by atoms with Crippen molar-refractivity contribution < 1.29 is 14.3 Å². The maximum atomic E-state index is 11.7. The number of ether oxygens (including phenoxy) is 1. The number of nitrogens with one attached hydrogen (secondary N) is 2. The molecule has 0 radical (unpaired) electrons. The number of carbonyl (C=O) groups excluding carboxylic acids is 2. The van der Waals surface area contributed by atoms with Crippen molar-refractivity contribution in [2.75, 3.05) is 19.7 Å². The first kappa shape index (κ1) is 18.0. The van der Waals surface area contributed by atoms with Crippen molar-refractivity contribution in [3.63, 3.8) is 0 Å². The summed E-state index contributed by atoms with van der Waals surface area (Å²) in [5.41, 5.74) is 1.74. The molecule has 0 fully saturated rings. The maximum absolute atomic E-state index is 11.7. The van der Waals surface area contributed by atoms with Gasteiger partial charge in [0.2, 0.25) is 5.91 Å². The lowest BCUT2D eigenvalue weighted by atomic mass is 9.96. The predicted molar refractivity (Wildman–Crippen MR) is 86.9 cm³/mol. The van der Waals surface area contributed by atoms with Gasteiger partial charge in [-0.25, -0.2) is 0 Å². The first-order valence-corrected chi connectivity index (χ1v) is 7.45. The topological polar surface area (TPSA) is 67.4 Å². The number of rotatable bonds is 6. The zero-order valence-electron chi connectivity index (χ0n) is 14.1. The zero-order chi connectivity index (χ0) is 16.8. The van der Waals surface area contributed by atoms with Crippen LogP contribution in [0.4, 0.5) is 0 Å². The SMILES string of the molecule is Cc1ccc(OCC(=O)NCCNC(=O)C(C)(C)C)c(C)c1. The highest BCUT2D eigenvalue weighted by molar-refractivity contribution is 5.81. The molecule has 122 valence electrons. The summed E-state index contributed by atoms with van der Waals surface area (Å²) >= 11 is 0. The van der Waals surface area contributed by atoms with E-state index in [4.69, 9.17) is 4.74 Å². The number of hydrogen-bond donors (Lipinski definition) is 2. The van der Waals surface area contributed by atoms with Gasteiger partial charge in [-0.15, -0.1) is 0 Å². The van der Waals surface area contributed by atoms with Gasteiger partial charge in [-0.2, -0.15) is 0 Å². The van der Waals surface area contributed by atoms with E-state index in [-0.39, 0.29) is 18.4 Å². The number of carbonyl (C=O) groups is 2. The molecule has 0 aliphatic carbocycles. The van der Waals surface area contributed by atoms with E-state index in [0.29, 0.717) is 18.8 Å². The van der Waals surface area contributed by atoms with E-state index in [2.05, 4.69) is 10.6 Å². The van der Waals surface area contributed by atoms with Crippen molar-refractivity contribution >= 4 is 11.8 Å². The van der Waals surface area contributed by atoms with E-state index in [1.807, 2.05) is 52.8 Å². The summed E-state index contributed by atoms with van der Waals surface area (Å²) in [6, 6.07) is 5.82. The Hall–Kier alpha value is -2.04. The third-order valence-corrected chi connectivity index (χ3v) is 3.10. The predicted octanol–water partition coefficient (Wildman–Crippen LogP) is 1.96. The number of aryl methyl sites for hydroxylation is 2. The molecule has 1 aromatic carbocycles. The second-order valence-electron chi connectivity index (χ2n) is 6.41. The fourth-order valence-electron chi connectivity index (χ4n) is 1.80. The normalized spacial score (nSPS) is 11.0. The third-order valence-electron chi connectivity index (χ3n) is 3.10. The average molecular weight is 306 g/mol. The van der Waals surface area contributed by atoms with Crippen LogP contribution in [-0.4, -0.2) is 31.5 Å². The Morgan fingerprint density at radius 2 is 1.73 bits per heavy atom. The highest BCUT2D eigenvalue weighted by atomic mass is 16.5. The maximum Gasteiger partial charge on any atom is 0.258 e. The van der Waals surface area contributed by atoms with Gasteiger partial charge in [0.05, 0.1) is 0 Å². The standard InChI is InChI=1S/C17H26N2O3/c1-12-6-7-14(13(2)10-12)22-11-15(20)18-8-9-19-16(21)17(3,4)5/h6-7,10H,8-9,11H2,1-5H3,(H,18,20)(H,19,21). The molecule has 5 nitrogen and oxygen atoms in total. The summed E-state index contributed by atoms with van der Waals surface area (Å²) in [6.07, 6.45) is 0. The van der Waals surface area contributed by atoms with Crippen molar-refractivity contribution in [1.82, 2.24) is 10.6 Å². The van der Waals surface area contributed by atoms with Crippen LogP contribution in [0.2, 0.25) is 0 Å². The highest BCUT2D eigenvalue weighted by Gasteiger charge is 2.20. The molecule has 0 spiro atoms. The minimum Gasteiger partial charge on any atom is -0.484 e. The molecule has 0 atom stereocenters. The quantitative estimate of drug-likeness (QED) is 0.790. The summed E-state index contributed by atoms with van der Waals surface area (Å²) in [7, 11) is 0. The Morgan fingerprint density at radius 3 is 2.32 bits per heavy atom. The molecule has 0 aliphatic rings. The zero-order valence-corrected chi connectivity index (χ0v) is 14.1. The van der Waals surface area contributed by atoms with Gasteiger partial charge >= 0.3 is 0 Å². The Kier molecular flexibility index (Phi) is 6.40. The molecule has 0 aliphatic heterocycles. The Labute approximate surface area is 132 Å². The lowest BCUT2D eigenvalue weighted by molar-refractivity contribution is -0.128. The molecular weight excluding hydrogens is 280 g/mol. The van der Waals surface area contributed by atoms with Crippen LogP contribution in [-0.2, 0) is 9.59 Å². The Balaban J connectivity index is 2.25. The summed E-state index contributed by atoms with van der Waals surface area (Å²) in [5, 5.41) is 5.48. The van der Waals surface area contributed by atoms with E-state index >= 15 is 0 Å². The van der Waals surface area contributed by atoms with Crippen molar-refractivity contribution in [2.24, 2.45) is 5.41 Å². The summed E-state index contributed by atoms with van der Waals surface area (Å²) in [5.74, 6) is 0.472. The van der Waals surface area contributed by atoms with Crippen LogP contribution in [0.3, 0.4) is 0 Å². The molecular formula is C17H26N2O3. The molecule has 0 saturated carbocycles. The first-order chi connectivity index (χ1) is 10.2.